The number of para-hydroxylation sites is 1. The van der Waals surface area contributed by atoms with Crippen molar-refractivity contribution in [2.45, 2.75) is 0 Å². The second-order valence-corrected chi connectivity index (χ2v) is 4.68. The predicted molar refractivity (Wildman–Crippen MR) is 80.0 cm³/mol. The lowest BCUT2D eigenvalue weighted by atomic mass is 10.0. The lowest BCUT2D eigenvalue weighted by Crippen LogP contribution is -2.08. The van der Waals surface area contributed by atoms with Gasteiger partial charge < -0.3 is 9.67 Å². The van der Waals surface area contributed by atoms with E-state index < -0.39 is 6.09 Å². The van der Waals surface area contributed by atoms with Crippen LogP contribution in [0, 0.1) is 0 Å². The van der Waals surface area contributed by atoms with Crippen LogP contribution < -0.4 is 5.32 Å². The van der Waals surface area contributed by atoms with Crippen LogP contribution in [-0.2, 0) is 7.05 Å². The first-order valence-electron chi connectivity index (χ1n) is 6.29. The van der Waals surface area contributed by atoms with E-state index in [-0.39, 0.29) is 0 Å². The summed E-state index contributed by atoms with van der Waals surface area (Å²) in [6.45, 7) is 0. The summed E-state index contributed by atoms with van der Waals surface area (Å²) in [7, 11) is 1.99. The summed E-state index contributed by atoms with van der Waals surface area (Å²) in [5.41, 5.74) is 3.57. The molecule has 0 bridgehead atoms. The smallest absolute Gasteiger partial charge is 0.409 e. The molecule has 0 saturated heterocycles. The van der Waals surface area contributed by atoms with Gasteiger partial charge in [0.1, 0.15) is 0 Å². The fourth-order valence-electron chi connectivity index (χ4n) is 2.39. The Kier molecular flexibility index (Phi) is 2.91. The number of anilines is 1. The zero-order chi connectivity index (χ0) is 14.1. The summed E-state index contributed by atoms with van der Waals surface area (Å²) in [4.78, 5) is 10.9. The molecule has 4 heteroatoms. The first kappa shape index (κ1) is 12.3. The van der Waals surface area contributed by atoms with Crippen molar-refractivity contribution in [1.29, 1.82) is 0 Å². The van der Waals surface area contributed by atoms with Gasteiger partial charge in [0.05, 0.1) is 5.69 Å². The minimum Gasteiger partial charge on any atom is -0.465 e. The molecular weight excluding hydrogens is 252 g/mol. The Balaban J connectivity index is 2.15. The highest BCUT2D eigenvalue weighted by Gasteiger charge is 2.08. The molecule has 2 N–H and O–H groups in total. The molecule has 0 unspecified atom stereocenters. The molecule has 2 aromatic carbocycles. The number of nitrogens with one attached hydrogen (secondary N) is 1. The van der Waals surface area contributed by atoms with E-state index in [2.05, 4.69) is 17.4 Å². The van der Waals surface area contributed by atoms with Crippen LogP contribution in [0.15, 0.2) is 54.7 Å². The molecule has 20 heavy (non-hydrogen) atoms. The number of carbonyl (C=O) groups is 1. The number of amides is 1. The molecule has 4 nitrogen and oxygen atoms in total. The van der Waals surface area contributed by atoms with E-state index in [9.17, 15) is 4.79 Å². The second kappa shape index (κ2) is 4.74. The number of hydrogen-bond acceptors (Lipinski definition) is 1. The van der Waals surface area contributed by atoms with Crippen LogP contribution in [0.4, 0.5) is 10.5 Å². The van der Waals surface area contributed by atoms with Crippen molar-refractivity contribution in [2.24, 2.45) is 7.05 Å². The summed E-state index contributed by atoms with van der Waals surface area (Å²) in [6.07, 6.45) is 0.952. The molecule has 3 aromatic rings. The Morgan fingerprint density at radius 3 is 2.75 bits per heavy atom. The van der Waals surface area contributed by atoms with E-state index in [1.807, 2.05) is 48.1 Å². The van der Waals surface area contributed by atoms with Crippen LogP contribution in [0.5, 0.6) is 0 Å². The predicted octanol–water partition coefficient (Wildman–Crippen LogP) is 3.94. The Morgan fingerprint density at radius 1 is 1.15 bits per heavy atom. The Morgan fingerprint density at radius 2 is 1.95 bits per heavy atom. The van der Waals surface area contributed by atoms with Gasteiger partial charge in [0.2, 0.25) is 0 Å². The highest BCUT2D eigenvalue weighted by molar-refractivity contribution is 5.93. The van der Waals surface area contributed by atoms with Crippen LogP contribution in [0.3, 0.4) is 0 Å². The molecule has 0 aliphatic carbocycles. The average molecular weight is 266 g/mol. The molecule has 3 rings (SSSR count). The number of hydrogen-bond donors (Lipinski definition) is 2. The largest absolute Gasteiger partial charge is 0.465 e. The maximum atomic E-state index is 10.9. The Bertz CT molecular complexity index is 790. The molecule has 1 amide bonds. The first-order chi connectivity index (χ1) is 9.65. The second-order valence-electron chi connectivity index (χ2n) is 4.68. The van der Waals surface area contributed by atoms with E-state index in [1.54, 1.807) is 6.07 Å². The Labute approximate surface area is 116 Å². The molecule has 0 radical (unpaired) electrons. The van der Waals surface area contributed by atoms with Gasteiger partial charge in [-0.1, -0.05) is 30.3 Å². The number of nitrogens with zero attached hydrogens (tertiary/aromatic N) is 1. The van der Waals surface area contributed by atoms with Crippen LogP contribution >= 0.6 is 0 Å². The van der Waals surface area contributed by atoms with Crippen LogP contribution in [0.1, 0.15) is 0 Å². The summed E-state index contributed by atoms with van der Waals surface area (Å²) >= 11 is 0. The van der Waals surface area contributed by atoms with Gasteiger partial charge in [-0.3, -0.25) is 5.32 Å². The normalized spacial score (nSPS) is 10.7. The van der Waals surface area contributed by atoms with Gasteiger partial charge in [0.15, 0.2) is 0 Å². The van der Waals surface area contributed by atoms with Crippen molar-refractivity contribution in [3.05, 3.63) is 54.7 Å². The van der Waals surface area contributed by atoms with E-state index in [1.165, 1.54) is 5.39 Å². The van der Waals surface area contributed by atoms with Gasteiger partial charge in [0.25, 0.3) is 0 Å². The molecule has 1 aromatic heterocycles. The summed E-state index contributed by atoms with van der Waals surface area (Å²) in [5.74, 6) is 0. The van der Waals surface area contributed by atoms with E-state index >= 15 is 0 Å². The molecule has 0 aliphatic heterocycles. The van der Waals surface area contributed by atoms with Crippen molar-refractivity contribution >= 4 is 22.7 Å². The monoisotopic (exact) mass is 266 g/mol. The van der Waals surface area contributed by atoms with Gasteiger partial charge in [-0.2, -0.15) is 0 Å². The van der Waals surface area contributed by atoms with Gasteiger partial charge in [-0.05, 0) is 29.1 Å². The molecule has 0 aliphatic rings. The third-order valence-corrected chi connectivity index (χ3v) is 3.37. The van der Waals surface area contributed by atoms with Gasteiger partial charge in [-0.15, -0.1) is 0 Å². The SMILES string of the molecule is Cn1ccc2ccc(-c3ccccc3NC(=O)O)cc21. The fourth-order valence-corrected chi connectivity index (χ4v) is 2.39. The quantitative estimate of drug-likeness (QED) is 0.738. The maximum absolute atomic E-state index is 10.9. The van der Waals surface area contributed by atoms with Crippen LogP contribution in [-0.4, -0.2) is 15.8 Å². The van der Waals surface area contributed by atoms with Crippen LogP contribution in [0.2, 0.25) is 0 Å². The fraction of sp³-hybridized carbons (Fsp3) is 0.0625. The number of fused-ring (bicyclic) bond motifs is 1. The number of benzene rings is 2. The summed E-state index contributed by atoms with van der Waals surface area (Å²) in [6, 6.07) is 15.6. The lowest BCUT2D eigenvalue weighted by Gasteiger charge is -2.09. The van der Waals surface area contributed by atoms with Gasteiger partial charge >= 0.3 is 6.09 Å². The standard InChI is InChI=1S/C16H14N2O2/c1-18-9-8-11-6-7-12(10-15(11)18)13-4-2-3-5-14(13)17-16(19)20/h2-10,17H,1H3,(H,19,20). The van der Waals surface area contributed by atoms with Crippen molar-refractivity contribution in [3.8, 4) is 11.1 Å². The van der Waals surface area contributed by atoms with E-state index in [0.717, 1.165) is 16.6 Å². The van der Waals surface area contributed by atoms with E-state index in [0.29, 0.717) is 5.69 Å². The molecule has 0 spiro atoms. The highest BCUT2D eigenvalue weighted by atomic mass is 16.4. The van der Waals surface area contributed by atoms with Crippen LogP contribution in [0.25, 0.3) is 22.0 Å². The number of aromatic nitrogens is 1. The number of aryl methyl sites for hydroxylation is 1. The molecule has 0 atom stereocenters. The minimum atomic E-state index is -1.06. The number of rotatable bonds is 2. The zero-order valence-corrected chi connectivity index (χ0v) is 11.0. The zero-order valence-electron chi connectivity index (χ0n) is 11.0. The topological polar surface area (TPSA) is 54.3 Å². The Hall–Kier alpha value is -2.75. The highest BCUT2D eigenvalue weighted by Crippen LogP contribution is 2.30. The average Bonchev–Trinajstić information content (AvgIpc) is 2.80. The van der Waals surface area contributed by atoms with Gasteiger partial charge in [-0.25, -0.2) is 4.79 Å². The molecular formula is C16H14N2O2. The van der Waals surface area contributed by atoms with Crippen molar-refractivity contribution in [2.75, 3.05) is 5.32 Å². The molecule has 0 fully saturated rings. The first-order valence-corrected chi connectivity index (χ1v) is 6.29. The summed E-state index contributed by atoms with van der Waals surface area (Å²) in [5, 5.41) is 12.5. The molecule has 100 valence electrons. The maximum Gasteiger partial charge on any atom is 0.409 e. The summed E-state index contributed by atoms with van der Waals surface area (Å²) < 4.78 is 2.05. The van der Waals surface area contributed by atoms with Crippen molar-refractivity contribution < 1.29 is 9.90 Å². The minimum absolute atomic E-state index is 0.591. The third-order valence-electron chi connectivity index (χ3n) is 3.37. The van der Waals surface area contributed by atoms with Crippen molar-refractivity contribution in [3.63, 3.8) is 0 Å². The molecule has 1 heterocycles. The van der Waals surface area contributed by atoms with E-state index in [4.69, 9.17) is 5.11 Å². The lowest BCUT2D eigenvalue weighted by molar-refractivity contribution is 0.210. The number of carboxylic acid groups (broad SMARTS) is 1. The van der Waals surface area contributed by atoms with Crippen molar-refractivity contribution in [1.82, 2.24) is 4.57 Å². The van der Waals surface area contributed by atoms with Gasteiger partial charge in [0, 0.05) is 24.3 Å². The molecule has 0 saturated carbocycles. The third kappa shape index (κ3) is 2.12.